The molecule has 2 heterocycles. The van der Waals surface area contributed by atoms with Gasteiger partial charge in [0, 0.05) is 47.9 Å². The highest BCUT2D eigenvalue weighted by molar-refractivity contribution is 5.41. The molecule has 2 aromatic rings. The molecule has 0 aliphatic heterocycles. The van der Waals surface area contributed by atoms with Crippen molar-refractivity contribution >= 4 is 0 Å². The van der Waals surface area contributed by atoms with Crippen LogP contribution in [0.3, 0.4) is 0 Å². The molecule has 1 atom stereocenters. The van der Waals surface area contributed by atoms with Gasteiger partial charge < -0.3 is 10.5 Å². The minimum atomic E-state index is -0.104. The number of nitrogens with zero attached hydrogens (tertiary/aromatic N) is 2. The Kier molecular flexibility index (Phi) is 4.12. The molecule has 100 valence electrons. The molecule has 0 saturated heterocycles. The fraction of sp³-hybridized carbons (Fsp3) is 0.333. The van der Waals surface area contributed by atoms with E-state index in [1.54, 1.807) is 19.5 Å². The van der Waals surface area contributed by atoms with Gasteiger partial charge in [0.2, 0.25) is 0 Å². The van der Waals surface area contributed by atoms with Gasteiger partial charge in [-0.25, -0.2) is 0 Å². The van der Waals surface area contributed by atoms with Crippen molar-refractivity contribution in [2.24, 2.45) is 5.73 Å². The van der Waals surface area contributed by atoms with E-state index in [4.69, 9.17) is 10.5 Å². The molecular formula is C15H19N3O. The van der Waals surface area contributed by atoms with Gasteiger partial charge in [-0.15, -0.1) is 0 Å². The lowest BCUT2D eigenvalue weighted by Crippen LogP contribution is -2.15. The second kappa shape index (κ2) is 5.80. The molecule has 2 aromatic heterocycles. The van der Waals surface area contributed by atoms with Crippen LogP contribution in [0.15, 0.2) is 30.7 Å². The Morgan fingerprint density at radius 2 is 2.11 bits per heavy atom. The molecule has 4 nitrogen and oxygen atoms in total. The number of rotatable bonds is 4. The van der Waals surface area contributed by atoms with Crippen LogP contribution in [0, 0.1) is 13.8 Å². The number of aryl methyl sites for hydroxylation is 1. The molecule has 0 radical (unpaired) electrons. The zero-order valence-electron chi connectivity index (χ0n) is 11.6. The molecule has 0 saturated carbocycles. The molecule has 0 bridgehead atoms. The van der Waals surface area contributed by atoms with Crippen LogP contribution in [-0.2, 0) is 6.42 Å². The Hall–Kier alpha value is -1.94. The van der Waals surface area contributed by atoms with Gasteiger partial charge in [-0.3, -0.25) is 9.97 Å². The van der Waals surface area contributed by atoms with E-state index in [0.29, 0.717) is 6.42 Å². The summed E-state index contributed by atoms with van der Waals surface area (Å²) in [5.74, 6) is 0.892. The number of pyridine rings is 2. The third-order valence-electron chi connectivity index (χ3n) is 3.28. The molecule has 0 aliphatic carbocycles. The van der Waals surface area contributed by atoms with Crippen molar-refractivity contribution in [1.82, 2.24) is 9.97 Å². The van der Waals surface area contributed by atoms with E-state index in [9.17, 15) is 0 Å². The van der Waals surface area contributed by atoms with E-state index < -0.39 is 0 Å². The molecule has 2 rings (SSSR count). The summed E-state index contributed by atoms with van der Waals surface area (Å²) in [5, 5.41) is 0. The number of aromatic nitrogens is 2. The molecule has 4 heteroatoms. The fourth-order valence-electron chi connectivity index (χ4n) is 2.20. The molecule has 0 aliphatic rings. The number of ether oxygens (including phenoxy) is 1. The highest BCUT2D eigenvalue weighted by Crippen LogP contribution is 2.26. The van der Waals surface area contributed by atoms with Crippen molar-refractivity contribution < 1.29 is 4.74 Å². The van der Waals surface area contributed by atoms with E-state index in [1.165, 1.54) is 0 Å². The van der Waals surface area contributed by atoms with Crippen molar-refractivity contribution in [1.29, 1.82) is 0 Å². The van der Waals surface area contributed by atoms with Gasteiger partial charge >= 0.3 is 0 Å². The SMILES string of the molecule is COc1c(C)cnc(CC(N)c2cccnc2)c1C. The normalized spacial score (nSPS) is 12.2. The van der Waals surface area contributed by atoms with E-state index in [1.807, 2.05) is 32.2 Å². The van der Waals surface area contributed by atoms with Crippen LogP contribution < -0.4 is 10.5 Å². The Morgan fingerprint density at radius 1 is 1.32 bits per heavy atom. The quantitative estimate of drug-likeness (QED) is 0.913. The molecule has 0 amide bonds. The molecule has 0 spiro atoms. The number of nitrogens with two attached hydrogens (primary N) is 1. The van der Waals surface area contributed by atoms with Gasteiger partial charge in [0.05, 0.1) is 7.11 Å². The van der Waals surface area contributed by atoms with E-state index >= 15 is 0 Å². The first kappa shape index (κ1) is 13.5. The first-order valence-electron chi connectivity index (χ1n) is 6.28. The molecular weight excluding hydrogens is 238 g/mol. The summed E-state index contributed by atoms with van der Waals surface area (Å²) in [6, 6.07) is 3.77. The lowest BCUT2D eigenvalue weighted by atomic mass is 10.0. The lowest BCUT2D eigenvalue weighted by Gasteiger charge is -2.15. The average Bonchev–Trinajstić information content (AvgIpc) is 2.43. The second-order valence-corrected chi connectivity index (χ2v) is 4.64. The number of hydrogen-bond acceptors (Lipinski definition) is 4. The second-order valence-electron chi connectivity index (χ2n) is 4.64. The summed E-state index contributed by atoms with van der Waals surface area (Å²) in [6.45, 7) is 4.01. The number of methoxy groups -OCH3 is 1. The number of hydrogen-bond donors (Lipinski definition) is 1. The van der Waals surface area contributed by atoms with Gasteiger partial charge in [0.15, 0.2) is 0 Å². The maximum atomic E-state index is 6.20. The third-order valence-corrected chi connectivity index (χ3v) is 3.28. The zero-order valence-corrected chi connectivity index (χ0v) is 11.6. The summed E-state index contributed by atoms with van der Waals surface area (Å²) in [5.41, 5.74) is 10.3. The van der Waals surface area contributed by atoms with Crippen LogP contribution >= 0.6 is 0 Å². The predicted molar refractivity (Wildman–Crippen MR) is 75.1 cm³/mol. The zero-order chi connectivity index (χ0) is 13.8. The minimum Gasteiger partial charge on any atom is -0.496 e. The van der Waals surface area contributed by atoms with Crippen molar-refractivity contribution in [3.8, 4) is 5.75 Å². The molecule has 1 unspecified atom stereocenters. The average molecular weight is 257 g/mol. The van der Waals surface area contributed by atoms with Gasteiger partial charge in [0.1, 0.15) is 5.75 Å². The summed E-state index contributed by atoms with van der Waals surface area (Å²) >= 11 is 0. The summed E-state index contributed by atoms with van der Waals surface area (Å²) in [4.78, 5) is 8.56. The predicted octanol–water partition coefficient (Wildman–Crippen LogP) is 2.34. The maximum Gasteiger partial charge on any atom is 0.128 e. The van der Waals surface area contributed by atoms with Gasteiger partial charge in [-0.1, -0.05) is 6.07 Å². The van der Waals surface area contributed by atoms with Crippen molar-refractivity contribution in [2.75, 3.05) is 7.11 Å². The topological polar surface area (TPSA) is 61.0 Å². The van der Waals surface area contributed by atoms with Crippen molar-refractivity contribution in [2.45, 2.75) is 26.3 Å². The van der Waals surface area contributed by atoms with Crippen molar-refractivity contribution in [3.05, 3.63) is 53.1 Å². The van der Waals surface area contributed by atoms with E-state index in [2.05, 4.69) is 9.97 Å². The van der Waals surface area contributed by atoms with Crippen LogP contribution in [0.2, 0.25) is 0 Å². The Bertz CT molecular complexity index is 555. The lowest BCUT2D eigenvalue weighted by molar-refractivity contribution is 0.406. The first-order chi connectivity index (χ1) is 9.13. The largest absolute Gasteiger partial charge is 0.496 e. The highest BCUT2D eigenvalue weighted by atomic mass is 16.5. The van der Waals surface area contributed by atoms with Gasteiger partial charge in [0.25, 0.3) is 0 Å². The minimum absolute atomic E-state index is 0.104. The smallest absolute Gasteiger partial charge is 0.128 e. The Labute approximate surface area is 113 Å². The monoisotopic (exact) mass is 257 g/mol. The Morgan fingerprint density at radius 3 is 2.74 bits per heavy atom. The van der Waals surface area contributed by atoms with Crippen LogP contribution in [0.5, 0.6) is 5.75 Å². The Balaban J connectivity index is 2.25. The van der Waals surface area contributed by atoms with Crippen molar-refractivity contribution in [3.63, 3.8) is 0 Å². The van der Waals surface area contributed by atoms with E-state index in [-0.39, 0.29) is 6.04 Å². The van der Waals surface area contributed by atoms with E-state index in [0.717, 1.165) is 28.1 Å². The van der Waals surface area contributed by atoms with Gasteiger partial charge in [-0.2, -0.15) is 0 Å². The van der Waals surface area contributed by atoms with Crippen LogP contribution in [-0.4, -0.2) is 17.1 Å². The maximum absolute atomic E-state index is 6.20. The molecule has 2 N–H and O–H groups in total. The first-order valence-corrected chi connectivity index (χ1v) is 6.28. The van der Waals surface area contributed by atoms with Gasteiger partial charge in [-0.05, 0) is 25.5 Å². The standard InChI is InChI=1S/C15H19N3O/c1-10-8-18-14(11(2)15(10)19-3)7-13(16)12-5-4-6-17-9-12/h4-6,8-9,13H,7,16H2,1-3H3. The van der Waals surface area contributed by atoms with Crippen LogP contribution in [0.4, 0.5) is 0 Å². The molecule has 19 heavy (non-hydrogen) atoms. The molecule has 0 aromatic carbocycles. The summed E-state index contributed by atoms with van der Waals surface area (Å²) < 4.78 is 5.41. The van der Waals surface area contributed by atoms with Crippen LogP contribution in [0.1, 0.15) is 28.4 Å². The highest BCUT2D eigenvalue weighted by Gasteiger charge is 2.14. The summed E-state index contributed by atoms with van der Waals surface area (Å²) in [6.07, 6.45) is 6.05. The summed E-state index contributed by atoms with van der Waals surface area (Å²) in [7, 11) is 1.68. The van der Waals surface area contributed by atoms with Crippen LogP contribution in [0.25, 0.3) is 0 Å². The molecule has 0 fully saturated rings. The fourth-order valence-corrected chi connectivity index (χ4v) is 2.20. The third kappa shape index (κ3) is 2.90.